The molecule has 0 saturated heterocycles. The van der Waals surface area contributed by atoms with Crippen molar-refractivity contribution in [1.29, 1.82) is 0 Å². The van der Waals surface area contributed by atoms with Crippen molar-refractivity contribution in [2.45, 2.75) is 24.8 Å². The van der Waals surface area contributed by atoms with E-state index in [-0.39, 0.29) is 6.16 Å². The zero-order chi connectivity index (χ0) is 17.0. The first-order valence-electron chi connectivity index (χ1n) is 7.57. The highest BCUT2D eigenvalue weighted by atomic mass is 32.1. The Kier molecular flexibility index (Phi) is 5.90. The van der Waals surface area contributed by atoms with Crippen molar-refractivity contribution in [3.05, 3.63) is 48.0 Å². The van der Waals surface area contributed by atoms with Gasteiger partial charge < -0.3 is 10.00 Å². The molecule has 0 spiro atoms. The number of rotatable bonds is 7. The Hall–Kier alpha value is -1.29. The smallest absolute Gasteiger partial charge is 0.307 e. The van der Waals surface area contributed by atoms with E-state index in [4.69, 9.17) is 0 Å². The molecule has 0 amide bonds. The van der Waals surface area contributed by atoms with Crippen LogP contribution in [0.2, 0.25) is 0 Å². The fraction of sp³-hybridized carbons (Fsp3) is 0.353. The molecule has 3 atom stereocenters. The molecule has 124 valence electrons. The fourth-order valence-electron chi connectivity index (χ4n) is 2.75. The lowest BCUT2D eigenvalue weighted by molar-refractivity contribution is -0.141. The maximum Gasteiger partial charge on any atom is 0.307 e. The van der Waals surface area contributed by atoms with Gasteiger partial charge in [0.15, 0.2) is 0 Å². The number of carbonyl (C=O) groups is 1. The van der Waals surface area contributed by atoms with Crippen molar-refractivity contribution in [2.24, 2.45) is 5.92 Å². The van der Waals surface area contributed by atoms with Crippen LogP contribution in [0, 0.1) is 5.92 Å². The predicted octanol–water partition coefficient (Wildman–Crippen LogP) is 4.54. The summed E-state index contributed by atoms with van der Waals surface area (Å²) in [5.41, 5.74) is 0.665. The zero-order valence-electron chi connectivity index (χ0n) is 12.9. The van der Waals surface area contributed by atoms with E-state index in [2.05, 4.69) is 12.6 Å². The molecule has 0 aliphatic rings. The number of hydrogen-bond acceptors (Lipinski definition) is 3. The number of aliphatic carboxylic acids is 1. The Bertz CT molecular complexity index is 741. The highest BCUT2D eigenvalue weighted by molar-refractivity contribution is 7.90. The van der Waals surface area contributed by atoms with Crippen molar-refractivity contribution < 1.29 is 19.4 Å². The molecule has 4 nitrogen and oxygen atoms in total. The van der Waals surface area contributed by atoms with Gasteiger partial charge >= 0.3 is 5.97 Å². The number of thiol groups is 1. The van der Waals surface area contributed by atoms with E-state index in [9.17, 15) is 19.4 Å². The highest BCUT2D eigenvalue weighted by Crippen LogP contribution is 2.59. The average Bonchev–Trinajstić information content (AvgIpc) is 2.53. The first kappa shape index (κ1) is 18.1. The predicted molar refractivity (Wildman–Crippen MR) is 96.4 cm³/mol. The minimum atomic E-state index is -3.77. The molecular formula is C17H21O4PS. The van der Waals surface area contributed by atoms with Crippen molar-refractivity contribution in [1.82, 2.24) is 0 Å². The molecule has 0 aliphatic heterocycles. The molecule has 2 N–H and O–H groups in total. The van der Waals surface area contributed by atoms with Crippen LogP contribution in [-0.2, 0) is 9.36 Å². The van der Waals surface area contributed by atoms with Gasteiger partial charge in [-0.15, -0.1) is 0 Å². The molecule has 2 aromatic rings. The summed E-state index contributed by atoms with van der Waals surface area (Å²) >= 11 is 4.38. The van der Waals surface area contributed by atoms with Gasteiger partial charge in [-0.05, 0) is 22.8 Å². The molecule has 0 bridgehead atoms. The lowest BCUT2D eigenvalue weighted by Crippen LogP contribution is -2.19. The second-order valence-corrected chi connectivity index (χ2v) is 9.02. The molecule has 0 aliphatic carbocycles. The first-order valence-corrected chi connectivity index (χ1v) is 10.00. The number of carboxylic acid groups (broad SMARTS) is 1. The van der Waals surface area contributed by atoms with Crippen LogP contribution in [0.5, 0.6) is 0 Å². The Morgan fingerprint density at radius 2 is 1.87 bits per heavy atom. The minimum Gasteiger partial charge on any atom is -0.481 e. The van der Waals surface area contributed by atoms with Gasteiger partial charge in [0.25, 0.3) is 0 Å². The molecule has 0 fully saturated rings. The third kappa shape index (κ3) is 4.17. The van der Waals surface area contributed by atoms with E-state index in [1.54, 1.807) is 6.07 Å². The highest BCUT2D eigenvalue weighted by Gasteiger charge is 2.35. The van der Waals surface area contributed by atoms with Crippen molar-refractivity contribution in [2.75, 3.05) is 6.16 Å². The summed E-state index contributed by atoms with van der Waals surface area (Å²) in [7, 11) is -3.77. The van der Waals surface area contributed by atoms with E-state index < -0.39 is 24.2 Å². The second-order valence-electron chi connectivity index (χ2n) is 5.70. The molecule has 2 rings (SSSR count). The quantitative estimate of drug-likeness (QED) is 0.505. The monoisotopic (exact) mass is 352 g/mol. The number of benzene rings is 2. The summed E-state index contributed by atoms with van der Waals surface area (Å²) in [5, 5.41) is 11.1. The summed E-state index contributed by atoms with van der Waals surface area (Å²) < 4.78 is 12.8. The van der Waals surface area contributed by atoms with E-state index in [0.717, 1.165) is 10.8 Å². The number of carboxylic acids is 1. The van der Waals surface area contributed by atoms with Crippen LogP contribution in [0.3, 0.4) is 0 Å². The van der Waals surface area contributed by atoms with Gasteiger partial charge in [0.05, 0.1) is 5.92 Å². The normalized spacial score (nSPS) is 16.7. The third-order valence-corrected chi connectivity index (χ3v) is 7.32. The van der Waals surface area contributed by atoms with Gasteiger partial charge in [-0.1, -0.05) is 55.8 Å². The topological polar surface area (TPSA) is 74.6 Å². The molecule has 0 radical (unpaired) electrons. The van der Waals surface area contributed by atoms with Gasteiger partial charge in [0, 0.05) is 6.16 Å². The maximum absolute atomic E-state index is 12.8. The van der Waals surface area contributed by atoms with Crippen LogP contribution < -0.4 is 0 Å². The van der Waals surface area contributed by atoms with Crippen LogP contribution in [0.15, 0.2) is 42.5 Å². The molecule has 6 heteroatoms. The van der Waals surface area contributed by atoms with Crippen molar-refractivity contribution in [3.63, 3.8) is 0 Å². The number of hydrogen-bond donors (Lipinski definition) is 3. The van der Waals surface area contributed by atoms with E-state index >= 15 is 0 Å². The Morgan fingerprint density at radius 1 is 1.22 bits per heavy atom. The summed E-state index contributed by atoms with van der Waals surface area (Å²) in [6, 6.07) is 13.1. The lowest BCUT2D eigenvalue weighted by Gasteiger charge is -2.23. The molecular weight excluding hydrogens is 331 g/mol. The standard InChI is InChI=1S/C17H21O4PS/c1-2-6-13(16(18)19)11-22(20,21)17(23)15-10-5-8-12-7-3-4-9-14(12)15/h3-5,7-10,13,17,23H,2,6,11H2,1H3,(H,18,19)(H,20,21). The van der Waals surface area contributed by atoms with Crippen LogP contribution >= 0.6 is 20.0 Å². The van der Waals surface area contributed by atoms with Crippen LogP contribution in [0.1, 0.15) is 30.3 Å². The van der Waals surface area contributed by atoms with Gasteiger partial charge in [-0.25, -0.2) is 0 Å². The van der Waals surface area contributed by atoms with Crippen molar-refractivity contribution >= 4 is 36.7 Å². The van der Waals surface area contributed by atoms with E-state index in [0.29, 0.717) is 18.4 Å². The Morgan fingerprint density at radius 3 is 2.52 bits per heavy atom. The summed E-state index contributed by atoms with van der Waals surface area (Å²) in [4.78, 5) is 20.8. The van der Waals surface area contributed by atoms with Gasteiger partial charge in [-0.3, -0.25) is 9.36 Å². The minimum absolute atomic E-state index is 0.256. The third-order valence-electron chi connectivity index (χ3n) is 3.95. The lowest BCUT2D eigenvalue weighted by atomic mass is 10.1. The Balaban J connectivity index is 2.35. The molecule has 2 aromatic carbocycles. The summed E-state index contributed by atoms with van der Waals surface area (Å²) in [6.45, 7) is 1.86. The zero-order valence-corrected chi connectivity index (χ0v) is 14.7. The summed E-state index contributed by atoms with van der Waals surface area (Å²) in [6.07, 6.45) is 0.784. The molecule has 0 saturated carbocycles. The number of fused-ring (bicyclic) bond motifs is 1. The van der Waals surface area contributed by atoms with Crippen LogP contribution in [0.25, 0.3) is 10.8 Å². The van der Waals surface area contributed by atoms with Gasteiger partial charge in [0.1, 0.15) is 4.99 Å². The first-order chi connectivity index (χ1) is 10.9. The molecule has 0 aromatic heterocycles. The SMILES string of the molecule is CCCC(CP(=O)(O)C(S)c1cccc2ccccc12)C(=O)O. The van der Waals surface area contributed by atoms with E-state index in [1.807, 2.05) is 43.3 Å². The van der Waals surface area contributed by atoms with Gasteiger partial charge in [-0.2, -0.15) is 12.6 Å². The molecule has 0 heterocycles. The second kappa shape index (κ2) is 7.52. The summed E-state index contributed by atoms with van der Waals surface area (Å²) in [5.74, 6) is -1.85. The fourth-order valence-corrected chi connectivity index (χ4v) is 5.09. The Labute approximate surface area is 141 Å². The largest absolute Gasteiger partial charge is 0.481 e. The van der Waals surface area contributed by atoms with E-state index in [1.165, 1.54) is 0 Å². The van der Waals surface area contributed by atoms with Crippen LogP contribution in [-0.4, -0.2) is 22.1 Å². The molecule has 23 heavy (non-hydrogen) atoms. The molecule has 3 unspecified atom stereocenters. The maximum atomic E-state index is 12.8. The van der Waals surface area contributed by atoms with Crippen molar-refractivity contribution in [3.8, 4) is 0 Å². The van der Waals surface area contributed by atoms with Crippen LogP contribution in [0.4, 0.5) is 0 Å². The average molecular weight is 352 g/mol. The van der Waals surface area contributed by atoms with Gasteiger partial charge in [0.2, 0.25) is 7.37 Å².